The van der Waals surface area contributed by atoms with Crippen LogP contribution >= 0.6 is 0 Å². The van der Waals surface area contributed by atoms with Crippen LogP contribution in [0.1, 0.15) is 132 Å². The third kappa shape index (κ3) is 27.4. The van der Waals surface area contributed by atoms with Gasteiger partial charge in [0.25, 0.3) is 0 Å². The maximum Gasteiger partial charge on any atom is 0.0786 e. The van der Waals surface area contributed by atoms with Crippen LogP contribution in [-0.2, 0) is 9.59 Å². The number of hydrogen-bond donors (Lipinski definition) is 0. The van der Waals surface area contributed by atoms with Crippen LogP contribution in [0.15, 0.2) is 0 Å². The van der Waals surface area contributed by atoms with Gasteiger partial charge in [0.1, 0.15) is 0 Å². The van der Waals surface area contributed by atoms with Crippen molar-refractivity contribution in [2.45, 2.75) is 132 Å². The molecule has 0 fully saturated rings. The average Bonchev–Trinajstić information content (AvgIpc) is 2.85. The zero-order valence-electron chi connectivity index (χ0n) is 25.8. The predicted octanol–water partition coefficient (Wildman–Crippen LogP) is 5.18. The summed E-state index contributed by atoms with van der Waals surface area (Å²) in [7, 11) is 0. The molecule has 36 heavy (non-hydrogen) atoms. The van der Waals surface area contributed by atoms with Crippen molar-refractivity contribution < 1.29 is 28.8 Å². The molecule has 0 N–H and O–H groups in total. The number of carbonyl (C=O) groups excluding carboxylic acids is 2. The van der Waals surface area contributed by atoms with Crippen molar-refractivity contribution in [3.8, 4) is 0 Å². The summed E-state index contributed by atoms with van der Waals surface area (Å²) in [6.07, 6.45) is 16.4. The second kappa shape index (κ2) is 33.9. The maximum atomic E-state index is 8.25. The molecule has 0 bridgehead atoms. The van der Waals surface area contributed by atoms with Gasteiger partial charge in [0.15, 0.2) is 0 Å². The van der Waals surface area contributed by atoms with Crippen molar-refractivity contribution in [2.75, 3.05) is 52.4 Å². The fourth-order valence-electron chi connectivity index (χ4n) is 5.21. The first-order chi connectivity index (χ1) is 17.3. The highest BCUT2D eigenvalue weighted by Crippen LogP contribution is 2.16. The minimum atomic E-state index is -0.500. The second-order valence-electron chi connectivity index (χ2n) is 10.1. The van der Waals surface area contributed by atoms with Crippen LogP contribution in [0, 0.1) is 0 Å². The molecule has 0 aromatic carbocycles. The molecule has 0 aliphatic heterocycles. The Labute approximate surface area is 226 Å². The van der Waals surface area contributed by atoms with Gasteiger partial charge >= 0.3 is 0 Å². The van der Waals surface area contributed by atoms with E-state index in [2.05, 4.69) is 55.4 Å². The first-order valence-corrected chi connectivity index (χ1v) is 15.1. The summed E-state index contributed by atoms with van der Waals surface area (Å²) in [5.74, 6) is 0. The molecule has 0 amide bonds. The summed E-state index contributed by atoms with van der Waals surface area (Å²) in [5.41, 5.74) is 0. The number of rotatable bonds is 20. The minimum Gasteiger partial charge on any atom is -0.554 e. The first kappa shape index (κ1) is 42.0. The zero-order chi connectivity index (χ0) is 28.6. The number of quaternary nitrogens is 2. The highest BCUT2D eigenvalue weighted by Gasteiger charge is 2.25. The topological polar surface area (TPSA) is 80.3 Å². The SMILES string of the molecule is CCCC[N+](CCCC)(CCCC)CCCC.CCC[N+](CCC)(CCC)CCC.O=C[O-].O=C[O-]. The quantitative estimate of drug-likeness (QED) is 0.164. The van der Waals surface area contributed by atoms with Crippen molar-refractivity contribution in [3.63, 3.8) is 0 Å². The molecule has 6 heteroatoms. The van der Waals surface area contributed by atoms with E-state index in [0.29, 0.717) is 0 Å². The van der Waals surface area contributed by atoms with Gasteiger partial charge in [0.2, 0.25) is 0 Å². The van der Waals surface area contributed by atoms with Gasteiger partial charge < -0.3 is 28.8 Å². The molecule has 0 heterocycles. The Hall–Kier alpha value is -1.14. The summed E-state index contributed by atoms with van der Waals surface area (Å²) >= 11 is 0. The van der Waals surface area contributed by atoms with E-state index in [1.54, 1.807) is 0 Å². The summed E-state index contributed by atoms with van der Waals surface area (Å²) in [6, 6.07) is 0. The molecule has 0 radical (unpaired) electrons. The van der Waals surface area contributed by atoms with Crippen LogP contribution in [0.2, 0.25) is 0 Å². The second-order valence-corrected chi connectivity index (χ2v) is 10.1. The van der Waals surface area contributed by atoms with Crippen LogP contribution in [0.3, 0.4) is 0 Å². The molecule has 0 aliphatic carbocycles. The molecule has 0 atom stereocenters. The summed E-state index contributed by atoms with van der Waals surface area (Å²) in [6.45, 7) is 28.8. The highest BCUT2D eigenvalue weighted by atomic mass is 16.3. The van der Waals surface area contributed by atoms with Crippen LogP contribution in [0.25, 0.3) is 0 Å². The largest absolute Gasteiger partial charge is 0.554 e. The zero-order valence-corrected chi connectivity index (χ0v) is 25.8. The molecule has 6 nitrogen and oxygen atoms in total. The van der Waals surface area contributed by atoms with Gasteiger partial charge in [-0.25, -0.2) is 0 Å². The molecule has 0 aliphatic rings. The number of carbonyl (C=O) groups is 2. The van der Waals surface area contributed by atoms with E-state index < -0.39 is 12.9 Å². The number of hydrogen-bond acceptors (Lipinski definition) is 4. The lowest BCUT2D eigenvalue weighted by atomic mass is 10.1. The van der Waals surface area contributed by atoms with Crippen molar-refractivity contribution >= 4 is 12.9 Å². The number of carboxylic acid groups (broad SMARTS) is 2. The molecule has 0 aromatic rings. The molecule has 0 spiro atoms. The Morgan fingerprint density at radius 2 is 0.556 bits per heavy atom. The molecule has 0 unspecified atom stereocenters. The van der Waals surface area contributed by atoms with E-state index >= 15 is 0 Å². The Morgan fingerprint density at radius 3 is 0.694 bits per heavy atom. The third-order valence-corrected chi connectivity index (χ3v) is 6.74. The van der Waals surface area contributed by atoms with Gasteiger partial charge in [0.05, 0.1) is 52.4 Å². The van der Waals surface area contributed by atoms with E-state index in [9.17, 15) is 0 Å². The summed E-state index contributed by atoms with van der Waals surface area (Å²) in [5, 5.41) is 16.5. The predicted molar refractivity (Wildman–Crippen MR) is 152 cm³/mol. The molecule has 0 aromatic heterocycles. The van der Waals surface area contributed by atoms with E-state index in [-0.39, 0.29) is 0 Å². The van der Waals surface area contributed by atoms with Crippen LogP contribution in [0.4, 0.5) is 0 Å². The van der Waals surface area contributed by atoms with Crippen molar-refractivity contribution in [1.82, 2.24) is 0 Å². The van der Waals surface area contributed by atoms with Crippen LogP contribution < -0.4 is 10.2 Å². The smallest absolute Gasteiger partial charge is 0.0786 e. The molecule has 0 rings (SSSR count). The maximum absolute atomic E-state index is 8.25. The molecular weight excluding hydrogens is 452 g/mol. The van der Waals surface area contributed by atoms with E-state index in [1.165, 1.54) is 138 Å². The van der Waals surface area contributed by atoms with Crippen molar-refractivity contribution in [2.24, 2.45) is 0 Å². The average molecular weight is 519 g/mol. The van der Waals surface area contributed by atoms with Crippen molar-refractivity contribution in [3.05, 3.63) is 0 Å². The highest BCUT2D eigenvalue weighted by molar-refractivity contribution is 5.29. The molecule has 0 saturated heterocycles. The number of nitrogens with zero attached hydrogens (tertiary/aromatic N) is 2. The van der Waals surface area contributed by atoms with Gasteiger partial charge in [-0.3, -0.25) is 0 Å². The lowest BCUT2D eigenvalue weighted by Crippen LogP contribution is -2.50. The lowest BCUT2D eigenvalue weighted by molar-refractivity contribution is -0.929. The Kier molecular flexibility index (Phi) is 39.5. The van der Waals surface area contributed by atoms with Gasteiger partial charge in [-0.05, 0) is 51.4 Å². The van der Waals surface area contributed by atoms with Gasteiger partial charge in [-0.2, -0.15) is 0 Å². The lowest BCUT2D eigenvalue weighted by Gasteiger charge is -2.39. The monoisotopic (exact) mass is 519 g/mol. The van der Waals surface area contributed by atoms with E-state index in [1.807, 2.05) is 0 Å². The normalized spacial score (nSPS) is 10.7. The van der Waals surface area contributed by atoms with Gasteiger partial charge in [-0.1, -0.05) is 81.1 Å². The van der Waals surface area contributed by atoms with E-state index in [0.717, 1.165) is 0 Å². The Bertz CT molecular complexity index is 347. The minimum absolute atomic E-state index is 0.500. The molecule has 0 saturated carbocycles. The fourth-order valence-corrected chi connectivity index (χ4v) is 5.21. The number of unbranched alkanes of at least 4 members (excludes halogenated alkanes) is 4. The fraction of sp³-hybridized carbons (Fsp3) is 0.933. The molecule has 220 valence electrons. The van der Waals surface area contributed by atoms with Gasteiger partial charge in [0, 0.05) is 12.9 Å². The van der Waals surface area contributed by atoms with Crippen molar-refractivity contribution in [1.29, 1.82) is 0 Å². The summed E-state index contributed by atoms with van der Waals surface area (Å²) in [4.78, 5) is 16.5. The van der Waals surface area contributed by atoms with E-state index in [4.69, 9.17) is 19.8 Å². The molecular formula is C30H66N2O4. The Morgan fingerprint density at radius 1 is 0.389 bits per heavy atom. The van der Waals surface area contributed by atoms with Crippen LogP contribution in [-0.4, -0.2) is 74.3 Å². The third-order valence-electron chi connectivity index (χ3n) is 6.74. The van der Waals surface area contributed by atoms with Crippen LogP contribution in [0.5, 0.6) is 0 Å². The summed E-state index contributed by atoms with van der Waals surface area (Å²) < 4.78 is 2.80. The standard InChI is InChI=1S/C16H36N.C12H28N.2CH2O2/c1-5-9-13-17(14-10-6-2,15-11-7-3)16-12-8-4;1-5-9-13(10-6-2,11-7-3)12-8-4;2*2-1-3/h5-16H2,1-4H3;5-12H2,1-4H3;2*1H,(H,2,3)/q2*+1;;/p-2. The Balaban J connectivity index is -0.000000238. The van der Waals surface area contributed by atoms with Gasteiger partial charge in [-0.15, -0.1) is 0 Å². The first-order valence-electron chi connectivity index (χ1n) is 15.1.